The Balaban J connectivity index is 2.50. The molecule has 0 bridgehead atoms. The van der Waals surface area contributed by atoms with Gasteiger partial charge in [-0.15, -0.1) is 4.91 Å². The Morgan fingerprint density at radius 3 is 2.75 bits per heavy atom. The Labute approximate surface area is 91.8 Å². The topological polar surface area (TPSA) is 75.6 Å². The summed E-state index contributed by atoms with van der Waals surface area (Å²) in [5.74, 6) is -0.247. The summed E-state index contributed by atoms with van der Waals surface area (Å²) in [5, 5.41) is 5.34. The maximum atomic E-state index is 11.4. The van der Waals surface area contributed by atoms with Gasteiger partial charge in [-0.1, -0.05) is 0 Å². The highest BCUT2D eigenvalue weighted by Gasteiger charge is 2.22. The van der Waals surface area contributed by atoms with Gasteiger partial charge < -0.3 is 5.32 Å². The van der Waals surface area contributed by atoms with Crippen molar-refractivity contribution in [2.75, 3.05) is 5.32 Å². The van der Waals surface area contributed by atoms with E-state index in [1.54, 1.807) is 6.07 Å². The Bertz CT molecular complexity index is 494. The summed E-state index contributed by atoms with van der Waals surface area (Å²) in [4.78, 5) is 33.0. The lowest BCUT2D eigenvalue weighted by molar-refractivity contribution is -0.114. The third-order valence-corrected chi connectivity index (χ3v) is 2.55. The van der Waals surface area contributed by atoms with Crippen molar-refractivity contribution in [1.29, 1.82) is 0 Å². The lowest BCUT2D eigenvalue weighted by atomic mass is 10.1. The molecule has 0 aliphatic heterocycles. The quantitative estimate of drug-likeness (QED) is 0.773. The third-order valence-electron chi connectivity index (χ3n) is 2.55. The number of benzene rings is 1. The number of nitrogens with zero attached hydrogens (tertiary/aromatic N) is 1. The molecule has 0 aromatic heterocycles. The van der Waals surface area contributed by atoms with E-state index >= 15 is 0 Å². The van der Waals surface area contributed by atoms with Crippen LogP contribution in [0.5, 0.6) is 0 Å². The molecule has 16 heavy (non-hydrogen) atoms. The number of anilines is 1. The van der Waals surface area contributed by atoms with Crippen LogP contribution in [0.1, 0.15) is 29.3 Å². The van der Waals surface area contributed by atoms with E-state index in [0.717, 1.165) is 5.56 Å². The molecule has 5 heteroatoms. The molecule has 5 nitrogen and oxygen atoms in total. The fourth-order valence-electron chi connectivity index (χ4n) is 1.85. The molecular weight excluding hydrogens is 208 g/mol. The minimum Gasteiger partial charge on any atom is -0.324 e. The molecule has 1 N–H and O–H groups in total. The summed E-state index contributed by atoms with van der Waals surface area (Å²) in [7, 11) is 0. The predicted molar refractivity (Wildman–Crippen MR) is 58.9 cm³/mol. The van der Waals surface area contributed by atoms with E-state index in [2.05, 4.69) is 10.5 Å². The van der Waals surface area contributed by atoms with E-state index in [1.807, 2.05) is 0 Å². The van der Waals surface area contributed by atoms with Crippen molar-refractivity contribution in [3.63, 3.8) is 0 Å². The minimum absolute atomic E-state index is 0.0225. The van der Waals surface area contributed by atoms with Gasteiger partial charge in [0.05, 0.1) is 5.69 Å². The van der Waals surface area contributed by atoms with Gasteiger partial charge in [0.1, 0.15) is 5.69 Å². The first-order chi connectivity index (χ1) is 7.61. The van der Waals surface area contributed by atoms with Gasteiger partial charge >= 0.3 is 0 Å². The van der Waals surface area contributed by atoms with Gasteiger partial charge in [-0.25, -0.2) is 0 Å². The van der Waals surface area contributed by atoms with Gasteiger partial charge in [-0.05, 0) is 29.3 Å². The normalized spacial score (nSPS) is 13.4. The van der Waals surface area contributed by atoms with Gasteiger partial charge in [-0.2, -0.15) is 0 Å². The van der Waals surface area contributed by atoms with Gasteiger partial charge in [-0.3, -0.25) is 9.59 Å². The molecule has 82 valence electrons. The highest BCUT2D eigenvalue weighted by Crippen LogP contribution is 2.33. The van der Waals surface area contributed by atoms with Crippen LogP contribution < -0.4 is 5.32 Å². The fourth-order valence-corrected chi connectivity index (χ4v) is 1.85. The second-order valence-corrected chi connectivity index (χ2v) is 3.72. The third kappa shape index (κ3) is 1.71. The number of nitrogens with one attached hydrogen (secondary N) is 1. The molecule has 0 fully saturated rings. The zero-order valence-electron chi connectivity index (χ0n) is 8.74. The van der Waals surface area contributed by atoms with E-state index in [0.29, 0.717) is 24.1 Å². The second-order valence-electron chi connectivity index (χ2n) is 3.72. The molecule has 0 saturated heterocycles. The monoisotopic (exact) mass is 218 g/mol. The molecule has 1 aromatic carbocycles. The second kappa shape index (κ2) is 3.84. The van der Waals surface area contributed by atoms with Crippen molar-refractivity contribution >= 4 is 23.1 Å². The number of rotatable bonds is 2. The molecule has 1 aliphatic rings. The van der Waals surface area contributed by atoms with Crippen molar-refractivity contribution in [1.82, 2.24) is 0 Å². The largest absolute Gasteiger partial charge is 0.324 e. The molecule has 0 saturated carbocycles. The predicted octanol–water partition coefficient (Wildman–Crippen LogP) is 2.17. The van der Waals surface area contributed by atoms with Crippen LogP contribution in [0.3, 0.4) is 0 Å². The number of Topliss-reactive ketones (excluding diaryl/α,β-unsaturated/α-hetero) is 1. The average molecular weight is 218 g/mol. The highest BCUT2D eigenvalue weighted by molar-refractivity contribution is 6.03. The number of hydrogen-bond acceptors (Lipinski definition) is 4. The van der Waals surface area contributed by atoms with Crippen LogP contribution in [0, 0.1) is 4.91 Å². The summed E-state index contributed by atoms with van der Waals surface area (Å²) in [6, 6.07) is 3.10. The summed E-state index contributed by atoms with van der Waals surface area (Å²) < 4.78 is 0. The molecule has 0 unspecified atom stereocenters. The maximum absolute atomic E-state index is 11.4. The number of amides is 1. The molecular formula is C11H10N2O3. The fraction of sp³-hybridized carbons (Fsp3) is 0.273. The van der Waals surface area contributed by atoms with Crippen molar-refractivity contribution < 1.29 is 9.59 Å². The van der Waals surface area contributed by atoms with E-state index in [1.165, 1.54) is 13.0 Å². The van der Waals surface area contributed by atoms with Crippen molar-refractivity contribution in [2.24, 2.45) is 5.18 Å². The van der Waals surface area contributed by atoms with Crippen LogP contribution in [-0.2, 0) is 11.2 Å². The Morgan fingerprint density at radius 1 is 1.38 bits per heavy atom. The van der Waals surface area contributed by atoms with Crippen molar-refractivity contribution in [3.8, 4) is 0 Å². The lowest BCUT2D eigenvalue weighted by Crippen LogP contribution is -2.06. The molecule has 1 aromatic rings. The van der Waals surface area contributed by atoms with E-state index < -0.39 is 0 Å². The van der Waals surface area contributed by atoms with E-state index in [4.69, 9.17) is 0 Å². The molecule has 2 rings (SSSR count). The van der Waals surface area contributed by atoms with Gasteiger partial charge in [0.25, 0.3) is 0 Å². The molecule has 0 heterocycles. The average Bonchev–Trinajstić information content (AvgIpc) is 2.58. The smallest absolute Gasteiger partial charge is 0.221 e. The van der Waals surface area contributed by atoms with Crippen LogP contribution in [0.4, 0.5) is 11.4 Å². The number of carbonyl (C=O) groups is 2. The number of ketones is 1. The number of fused-ring (bicyclic) bond motifs is 1. The Hall–Kier alpha value is -2.04. The summed E-state index contributed by atoms with van der Waals surface area (Å²) in [6.45, 7) is 1.35. The summed E-state index contributed by atoms with van der Waals surface area (Å²) in [6.07, 6.45) is 1.11. The maximum Gasteiger partial charge on any atom is 0.221 e. The first kappa shape index (κ1) is 10.5. The van der Waals surface area contributed by atoms with E-state index in [9.17, 15) is 14.5 Å². The standard InChI is InChI=1S/C11H10N2O3/c1-6(14)12-9-4-7-2-3-11(15)8(7)5-10(9)13-16/h4-5H,2-3H2,1H3,(H,12,14). The van der Waals surface area contributed by atoms with Crippen LogP contribution in [0.2, 0.25) is 0 Å². The van der Waals surface area contributed by atoms with Crippen LogP contribution in [0.15, 0.2) is 17.3 Å². The number of hydrogen-bond donors (Lipinski definition) is 1. The van der Waals surface area contributed by atoms with Crippen molar-refractivity contribution in [2.45, 2.75) is 19.8 Å². The lowest BCUT2D eigenvalue weighted by Gasteiger charge is -2.06. The summed E-state index contributed by atoms with van der Waals surface area (Å²) in [5.41, 5.74) is 1.88. The zero-order valence-corrected chi connectivity index (χ0v) is 8.74. The number of aryl methyl sites for hydroxylation is 1. The molecule has 0 radical (unpaired) electrons. The SMILES string of the molecule is CC(=O)Nc1cc2c(cc1N=O)C(=O)CC2. The van der Waals surface area contributed by atoms with E-state index in [-0.39, 0.29) is 17.4 Å². The van der Waals surface area contributed by atoms with Crippen LogP contribution in [-0.4, -0.2) is 11.7 Å². The molecule has 0 spiro atoms. The highest BCUT2D eigenvalue weighted by atomic mass is 16.3. The van der Waals surface area contributed by atoms with Crippen molar-refractivity contribution in [3.05, 3.63) is 28.2 Å². The van der Waals surface area contributed by atoms with Gasteiger partial charge in [0.2, 0.25) is 5.91 Å². The zero-order chi connectivity index (χ0) is 11.7. The molecule has 1 amide bonds. The van der Waals surface area contributed by atoms with Crippen LogP contribution in [0.25, 0.3) is 0 Å². The molecule has 1 aliphatic carbocycles. The Morgan fingerprint density at radius 2 is 2.12 bits per heavy atom. The summed E-state index contributed by atoms with van der Waals surface area (Å²) >= 11 is 0. The number of carbonyl (C=O) groups excluding carboxylic acids is 2. The minimum atomic E-state index is -0.269. The molecule has 0 atom stereocenters. The van der Waals surface area contributed by atoms with Gasteiger partial charge in [0.15, 0.2) is 5.78 Å². The number of nitroso groups, excluding NO2 is 1. The van der Waals surface area contributed by atoms with Gasteiger partial charge in [0, 0.05) is 18.9 Å². The first-order valence-electron chi connectivity index (χ1n) is 4.93. The first-order valence-corrected chi connectivity index (χ1v) is 4.93. The Kier molecular flexibility index (Phi) is 2.52. The van der Waals surface area contributed by atoms with Crippen LogP contribution >= 0.6 is 0 Å².